The average Bonchev–Trinajstić information content (AvgIpc) is 2.44. The van der Waals surface area contributed by atoms with E-state index in [1.54, 1.807) is 0 Å². The SMILES string of the molecule is Fc1cnc(N2CCCC(Br)CC2)nc1. The molecular formula is C10H13BrFN3. The molecule has 1 fully saturated rings. The average molecular weight is 274 g/mol. The highest BCUT2D eigenvalue weighted by molar-refractivity contribution is 9.09. The molecule has 0 amide bonds. The molecule has 0 saturated carbocycles. The van der Waals surface area contributed by atoms with Gasteiger partial charge in [0.15, 0.2) is 5.82 Å². The standard InChI is InChI=1S/C10H13BrFN3/c11-8-2-1-4-15(5-3-8)10-13-6-9(12)7-14-10/h6-8H,1-5H2. The Morgan fingerprint density at radius 3 is 2.73 bits per heavy atom. The van der Waals surface area contributed by atoms with Crippen LogP contribution < -0.4 is 4.90 Å². The molecule has 0 bridgehead atoms. The highest BCUT2D eigenvalue weighted by Gasteiger charge is 2.16. The van der Waals surface area contributed by atoms with E-state index in [0.29, 0.717) is 10.8 Å². The minimum absolute atomic E-state index is 0.382. The van der Waals surface area contributed by atoms with Gasteiger partial charge in [0.25, 0.3) is 0 Å². The zero-order valence-corrected chi connectivity index (χ0v) is 9.95. The number of aromatic nitrogens is 2. The minimum atomic E-state index is -0.382. The van der Waals surface area contributed by atoms with Gasteiger partial charge in [0, 0.05) is 17.9 Å². The third-order valence-electron chi connectivity index (χ3n) is 2.55. The van der Waals surface area contributed by atoms with E-state index in [1.807, 2.05) is 0 Å². The molecule has 1 aromatic heterocycles. The number of anilines is 1. The number of hydrogen-bond acceptors (Lipinski definition) is 3. The maximum absolute atomic E-state index is 12.6. The second kappa shape index (κ2) is 4.88. The Hall–Kier alpha value is -0.710. The number of alkyl halides is 1. The van der Waals surface area contributed by atoms with Crippen molar-refractivity contribution in [2.75, 3.05) is 18.0 Å². The third-order valence-corrected chi connectivity index (χ3v) is 3.46. The maximum Gasteiger partial charge on any atom is 0.225 e. The molecule has 0 radical (unpaired) electrons. The molecule has 5 heteroatoms. The molecule has 1 aliphatic rings. The van der Waals surface area contributed by atoms with E-state index in [-0.39, 0.29) is 5.82 Å². The van der Waals surface area contributed by atoms with Crippen molar-refractivity contribution in [2.24, 2.45) is 0 Å². The molecule has 82 valence electrons. The van der Waals surface area contributed by atoms with Crippen molar-refractivity contribution < 1.29 is 4.39 Å². The first-order valence-electron chi connectivity index (χ1n) is 5.12. The quantitative estimate of drug-likeness (QED) is 0.736. The van der Waals surface area contributed by atoms with Gasteiger partial charge in [-0.2, -0.15) is 0 Å². The number of nitrogens with zero attached hydrogens (tertiary/aromatic N) is 3. The van der Waals surface area contributed by atoms with Gasteiger partial charge in [-0.1, -0.05) is 15.9 Å². The number of rotatable bonds is 1. The van der Waals surface area contributed by atoms with Crippen molar-refractivity contribution in [3.05, 3.63) is 18.2 Å². The first-order chi connectivity index (χ1) is 7.25. The van der Waals surface area contributed by atoms with Gasteiger partial charge >= 0.3 is 0 Å². The van der Waals surface area contributed by atoms with Crippen molar-refractivity contribution in [2.45, 2.75) is 24.1 Å². The van der Waals surface area contributed by atoms with Gasteiger partial charge in [0.1, 0.15) is 0 Å². The first-order valence-corrected chi connectivity index (χ1v) is 6.04. The predicted molar refractivity (Wildman–Crippen MR) is 60.8 cm³/mol. The van der Waals surface area contributed by atoms with Crippen LogP contribution in [0.4, 0.5) is 10.3 Å². The van der Waals surface area contributed by atoms with E-state index in [2.05, 4.69) is 30.8 Å². The molecule has 0 spiro atoms. The number of hydrogen-bond donors (Lipinski definition) is 0. The lowest BCUT2D eigenvalue weighted by molar-refractivity contribution is 0.610. The Morgan fingerprint density at radius 2 is 2.00 bits per heavy atom. The van der Waals surface area contributed by atoms with E-state index in [4.69, 9.17) is 0 Å². The molecule has 0 aliphatic carbocycles. The van der Waals surface area contributed by atoms with Crippen LogP contribution in [0.1, 0.15) is 19.3 Å². The first kappa shape index (κ1) is 10.8. The van der Waals surface area contributed by atoms with Crippen LogP contribution in [-0.4, -0.2) is 27.9 Å². The molecule has 1 atom stereocenters. The van der Waals surface area contributed by atoms with Gasteiger partial charge < -0.3 is 4.90 Å². The Labute approximate surface area is 96.8 Å². The highest BCUT2D eigenvalue weighted by Crippen LogP contribution is 2.20. The largest absolute Gasteiger partial charge is 0.341 e. The van der Waals surface area contributed by atoms with Gasteiger partial charge in [0.2, 0.25) is 5.95 Å². The van der Waals surface area contributed by atoms with Crippen molar-refractivity contribution in [3.8, 4) is 0 Å². The van der Waals surface area contributed by atoms with Crippen LogP contribution in [0.25, 0.3) is 0 Å². The lowest BCUT2D eigenvalue weighted by atomic mass is 10.2. The Morgan fingerprint density at radius 1 is 1.27 bits per heavy atom. The van der Waals surface area contributed by atoms with E-state index in [0.717, 1.165) is 25.9 Å². The van der Waals surface area contributed by atoms with E-state index < -0.39 is 0 Å². The van der Waals surface area contributed by atoms with Crippen molar-refractivity contribution in [1.29, 1.82) is 0 Å². The molecule has 1 aromatic rings. The summed E-state index contributed by atoms with van der Waals surface area (Å²) in [6, 6.07) is 0. The Balaban J connectivity index is 2.06. The molecule has 1 aliphatic heterocycles. The van der Waals surface area contributed by atoms with Crippen LogP contribution in [0.15, 0.2) is 12.4 Å². The molecule has 1 saturated heterocycles. The third kappa shape index (κ3) is 2.87. The summed E-state index contributed by atoms with van der Waals surface area (Å²) >= 11 is 3.62. The van der Waals surface area contributed by atoms with Crippen LogP contribution in [0, 0.1) is 5.82 Å². The zero-order chi connectivity index (χ0) is 10.7. The normalized spacial score (nSPS) is 22.5. The monoisotopic (exact) mass is 273 g/mol. The van der Waals surface area contributed by atoms with Crippen LogP contribution in [0.5, 0.6) is 0 Å². The lowest BCUT2D eigenvalue weighted by Gasteiger charge is -2.19. The van der Waals surface area contributed by atoms with Gasteiger partial charge in [-0.3, -0.25) is 0 Å². The fourth-order valence-electron chi connectivity index (χ4n) is 1.72. The summed E-state index contributed by atoms with van der Waals surface area (Å²) in [7, 11) is 0. The zero-order valence-electron chi connectivity index (χ0n) is 8.37. The Bertz CT molecular complexity index is 317. The highest BCUT2D eigenvalue weighted by atomic mass is 79.9. The second-order valence-corrected chi connectivity index (χ2v) is 5.01. The molecule has 2 rings (SSSR count). The van der Waals surface area contributed by atoms with E-state index in [9.17, 15) is 4.39 Å². The smallest absolute Gasteiger partial charge is 0.225 e. The van der Waals surface area contributed by atoms with Crippen LogP contribution in [0.2, 0.25) is 0 Å². The summed E-state index contributed by atoms with van der Waals surface area (Å²) < 4.78 is 12.6. The molecule has 0 N–H and O–H groups in total. The van der Waals surface area contributed by atoms with Crippen LogP contribution >= 0.6 is 15.9 Å². The van der Waals surface area contributed by atoms with Crippen LogP contribution in [0.3, 0.4) is 0 Å². The van der Waals surface area contributed by atoms with Gasteiger partial charge in [-0.05, 0) is 19.3 Å². The fraction of sp³-hybridized carbons (Fsp3) is 0.600. The molecule has 1 unspecified atom stereocenters. The fourth-order valence-corrected chi connectivity index (χ4v) is 2.25. The second-order valence-electron chi connectivity index (χ2n) is 3.72. The van der Waals surface area contributed by atoms with Gasteiger partial charge in [-0.25, -0.2) is 14.4 Å². The van der Waals surface area contributed by atoms with Crippen LogP contribution in [-0.2, 0) is 0 Å². The van der Waals surface area contributed by atoms with Crippen molar-refractivity contribution in [3.63, 3.8) is 0 Å². The van der Waals surface area contributed by atoms with Crippen molar-refractivity contribution >= 4 is 21.9 Å². The van der Waals surface area contributed by atoms with E-state index >= 15 is 0 Å². The molecule has 3 nitrogen and oxygen atoms in total. The topological polar surface area (TPSA) is 29.0 Å². The lowest BCUT2D eigenvalue weighted by Crippen LogP contribution is -2.26. The maximum atomic E-state index is 12.6. The molecule has 2 heterocycles. The number of halogens is 2. The summed E-state index contributed by atoms with van der Waals surface area (Å²) in [6.07, 6.45) is 5.83. The molecular weight excluding hydrogens is 261 g/mol. The minimum Gasteiger partial charge on any atom is -0.341 e. The Kier molecular flexibility index (Phi) is 3.51. The van der Waals surface area contributed by atoms with E-state index in [1.165, 1.54) is 18.8 Å². The van der Waals surface area contributed by atoms with Gasteiger partial charge in [-0.15, -0.1) is 0 Å². The van der Waals surface area contributed by atoms with Crippen molar-refractivity contribution in [1.82, 2.24) is 9.97 Å². The molecule has 0 aromatic carbocycles. The summed E-state index contributed by atoms with van der Waals surface area (Å²) in [5.74, 6) is 0.255. The molecule has 15 heavy (non-hydrogen) atoms. The summed E-state index contributed by atoms with van der Waals surface area (Å²) in [5, 5.41) is 0. The summed E-state index contributed by atoms with van der Waals surface area (Å²) in [4.78, 5) is 10.7. The predicted octanol–water partition coefficient (Wildman–Crippen LogP) is 2.37. The van der Waals surface area contributed by atoms with Gasteiger partial charge in [0.05, 0.1) is 12.4 Å². The summed E-state index contributed by atoms with van der Waals surface area (Å²) in [6.45, 7) is 1.88. The summed E-state index contributed by atoms with van der Waals surface area (Å²) in [5.41, 5.74) is 0.